The fourth-order valence-corrected chi connectivity index (χ4v) is 3.67. The van der Waals surface area contributed by atoms with Gasteiger partial charge in [0.1, 0.15) is 5.75 Å². The summed E-state index contributed by atoms with van der Waals surface area (Å²) in [5, 5.41) is 5.90. The summed E-state index contributed by atoms with van der Waals surface area (Å²) >= 11 is 5.88. The number of nitrogens with one attached hydrogen (secondary N) is 2. The van der Waals surface area contributed by atoms with Gasteiger partial charge in [-0.25, -0.2) is 4.79 Å². The molecule has 33 heavy (non-hydrogen) atoms. The Bertz CT molecular complexity index is 971. The molecule has 0 aromatic heterocycles. The number of ether oxygens (including phenoxy) is 1. The van der Waals surface area contributed by atoms with E-state index in [9.17, 15) is 22.8 Å². The largest absolute Gasteiger partial charge is 0.478 e. The molecule has 2 aromatic carbocycles. The van der Waals surface area contributed by atoms with Gasteiger partial charge >= 0.3 is 12.2 Å². The number of nitrogens with zero attached hydrogens (tertiary/aromatic N) is 1. The molecule has 0 spiro atoms. The molecule has 3 rings (SSSR count). The molecule has 3 amide bonds. The van der Waals surface area contributed by atoms with E-state index in [1.54, 1.807) is 43.0 Å². The normalized spacial score (nSPS) is 15.2. The van der Waals surface area contributed by atoms with Crippen LogP contribution in [0.1, 0.15) is 32.3 Å². The molecule has 0 aliphatic carbocycles. The minimum atomic E-state index is -4.43. The average molecular weight is 484 g/mol. The lowest BCUT2D eigenvalue weighted by atomic mass is 10.0. The van der Waals surface area contributed by atoms with E-state index in [-0.39, 0.29) is 17.6 Å². The second kappa shape index (κ2) is 9.91. The molecule has 2 N–H and O–H groups in total. The van der Waals surface area contributed by atoms with Gasteiger partial charge in [-0.15, -0.1) is 0 Å². The quantitative estimate of drug-likeness (QED) is 0.604. The van der Waals surface area contributed by atoms with Crippen LogP contribution >= 0.6 is 11.6 Å². The molecule has 1 fully saturated rings. The number of alkyl halides is 3. The Kier molecular flexibility index (Phi) is 7.41. The van der Waals surface area contributed by atoms with Crippen molar-refractivity contribution in [1.82, 2.24) is 10.2 Å². The summed E-state index contributed by atoms with van der Waals surface area (Å²) in [6.45, 7) is 4.28. The van der Waals surface area contributed by atoms with Crippen LogP contribution in [0.25, 0.3) is 0 Å². The number of anilines is 1. The summed E-state index contributed by atoms with van der Waals surface area (Å²) in [4.78, 5) is 26.9. The predicted molar refractivity (Wildman–Crippen MR) is 119 cm³/mol. The van der Waals surface area contributed by atoms with Crippen LogP contribution in [0.5, 0.6) is 5.75 Å². The van der Waals surface area contributed by atoms with Crippen LogP contribution in [-0.2, 0) is 11.0 Å². The fourth-order valence-electron chi connectivity index (χ4n) is 3.54. The van der Waals surface area contributed by atoms with Crippen LogP contribution in [0.15, 0.2) is 48.5 Å². The molecule has 1 heterocycles. The van der Waals surface area contributed by atoms with Gasteiger partial charge in [-0.2, -0.15) is 13.2 Å². The van der Waals surface area contributed by atoms with Gasteiger partial charge in [0.05, 0.1) is 5.56 Å². The summed E-state index contributed by atoms with van der Waals surface area (Å²) in [7, 11) is 0. The number of urea groups is 1. The van der Waals surface area contributed by atoms with E-state index in [4.69, 9.17) is 16.3 Å². The highest BCUT2D eigenvalue weighted by Crippen LogP contribution is 2.30. The number of hydrogen-bond donors (Lipinski definition) is 2. The first-order valence-electron chi connectivity index (χ1n) is 10.4. The van der Waals surface area contributed by atoms with E-state index in [0.29, 0.717) is 36.7 Å². The smallest absolute Gasteiger partial charge is 0.416 e. The number of carbonyl (C=O) groups excluding carboxylic acids is 2. The topological polar surface area (TPSA) is 70.7 Å². The zero-order valence-corrected chi connectivity index (χ0v) is 19.0. The molecule has 10 heteroatoms. The Balaban J connectivity index is 1.47. The van der Waals surface area contributed by atoms with Gasteiger partial charge in [-0.05, 0) is 75.2 Å². The van der Waals surface area contributed by atoms with Crippen molar-refractivity contribution in [3.8, 4) is 5.75 Å². The minimum Gasteiger partial charge on any atom is -0.478 e. The number of rotatable bonds is 5. The maximum Gasteiger partial charge on any atom is 0.416 e. The molecule has 0 saturated carbocycles. The first-order valence-corrected chi connectivity index (χ1v) is 10.8. The summed E-state index contributed by atoms with van der Waals surface area (Å²) in [5.74, 6) is 0.374. The summed E-state index contributed by atoms with van der Waals surface area (Å²) < 4.78 is 43.8. The lowest BCUT2D eigenvalue weighted by Gasteiger charge is -2.37. The van der Waals surface area contributed by atoms with E-state index in [2.05, 4.69) is 10.6 Å². The van der Waals surface area contributed by atoms with E-state index in [0.717, 1.165) is 12.1 Å². The fraction of sp³-hybridized carbons (Fsp3) is 0.391. The molecule has 0 unspecified atom stereocenters. The lowest BCUT2D eigenvalue weighted by Crippen LogP contribution is -2.54. The second-order valence-corrected chi connectivity index (χ2v) is 8.74. The summed E-state index contributed by atoms with van der Waals surface area (Å²) in [5.41, 5.74) is -1.60. The van der Waals surface area contributed by atoms with Gasteiger partial charge in [-0.3, -0.25) is 4.79 Å². The first kappa shape index (κ1) is 24.7. The molecular weight excluding hydrogens is 459 g/mol. The third-order valence-corrected chi connectivity index (χ3v) is 5.54. The number of halogens is 4. The van der Waals surface area contributed by atoms with Crippen molar-refractivity contribution in [1.29, 1.82) is 0 Å². The third kappa shape index (κ3) is 6.77. The van der Waals surface area contributed by atoms with Gasteiger partial charge in [0.2, 0.25) is 0 Å². The molecule has 6 nitrogen and oxygen atoms in total. The maximum absolute atomic E-state index is 13.0. The third-order valence-electron chi connectivity index (χ3n) is 5.29. The zero-order chi connectivity index (χ0) is 24.2. The Labute approximate surface area is 195 Å². The van der Waals surface area contributed by atoms with Gasteiger partial charge < -0.3 is 20.3 Å². The van der Waals surface area contributed by atoms with E-state index < -0.39 is 23.4 Å². The van der Waals surface area contributed by atoms with Crippen molar-refractivity contribution in [3.05, 3.63) is 59.1 Å². The zero-order valence-electron chi connectivity index (χ0n) is 18.2. The average Bonchev–Trinajstić information content (AvgIpc) is 2.75. The Morgan fingerprint density at radius 2 is 1.58 bits per heavy atom. The highest BCUT2D eigenvalue weighted by Gasteiger charge is 2.36. The van der Waals surface area contributed by atoms with Crippen LogP contribution in [-0.4, -0.2) is 41.6 Å². The van der Waals surface area contributed by atoms with Crippen LogP contribution in [0.2, 0.25) is 5.02 Å². The molecule has 2 aromatic rings. The molecule has 1 aliphatic heterocycles. The van der Waals surface area contributed by atoms with E-state index in [1.807, 2.05) is 0 Å². The lowest BCUT2D eigenvalue weighted by molar-refractivity contribution is -0.146. The van der Waals surface area contributed by atoms with E-state index in [1.165, 1.54) is 12.1 Å². The van der Waals surface area contributed by atoms with Crippen molar-refractivity contribution in [2.24, 2.45) is 0 Å². The molecule has 0 radical (unpaired) electrons. The van der Waals surface area contributed by atoms with Crippen LogP contribution < -0.4 is 15.4 Å². The van der Waals surface area contributed by atoms with Crippen molar-refractivity contribution < 1.29 is 27.5 Å². The minimum absolute atomic E-state index is 0.162. The number of benzene rings is 2. The monoisotopic (exact) mass is 483 g/mol. The van der Waals surface area contributed by atoms with Crippen LogP contribution in [0, 0.1) is 0 Å². The van der Waals surface area contributed by atoms with Gasteiger partial charge in [-0.1, -0.05) is 11.6 Å². The van der Waals surface area contributed by atoms with Crippen molar-refractivity contribution in [2.45, 2.75) is 44.5 Å². The Hall–Kier alpha value is -2.94. The predicted octanol–water partition coefficient (Wildman–Crippen LogP) is 5.33. The first-order chi connectivity index (χ1) is 15.4. The molecule has 1 saturated heterocycles. The standard InChI is InChI=1S/C23H25ClF3N3O3/c1-22(2,33-19-9-5-16(24)6-10-19)20(31)30-13-11-18(12-14-30)29-21(32)28-17-7-3-15(4-8-17)23(25,26)27/h3-10,18H,11-14H2,1-2H3,(H2,28,29,32). The molecule has 178 valence electrons. The van der Waals surface area contributed by atoms with Crippen LogP contribution in [0.3, 0.4) is 0 Å². The number of likely N-dealkylation sites (tertiary alicyclic amines) is 1. The highest BCUT2D eigenvalue weighted by molar-refractivity contribution is 6.30. The SMILES string of the molecule is CC(C)(Oc1ccc(Cl)cc1)C(=O)N1CCC(NC(=O)Nc2ccc(C(F)(F)F)cc2)CC1. The molecular formula is C23H25ClF3N3O3. The number of amides is 3. The summed E-state index contributed by atoms with van der Waals surface area (Å²) in [6.07, 6.45) is -3.34. The van der Waals surface area contributed by atoms with Crippen molar-refractivity contribution in [3.63, 3.8) is 0 Å². The molecule has 0 bridgehead atoms. The summed E-state index contributed by atoms with van der Waals surface area (Å²) in [6, 6.07) is 10.3. The van der Waals surface area contributed by atoms with Crippen LogP contribution in [0.4, 0.5) is 23.7 Å². The Morgan fingerprint density at radius 1 is 1.00 bits per heavy atom. The Morgan fingerprint density at radius 3 is 2.12 bits per heavy atom. The molecule has 1 aliphatic rings. The number of piperidine rings is 1. The number of hydrogen-bond acceptors (Lipinski definition) is 3. The molecule has 0 atom stereocenters. The second-order valence-electron chi connectivity index (χ2n) is 8.31. The highest BCUT2D eigenvalue weighted by atomic mass is 35.5. The number of carbonyl (C=O) groups is 2. The van der Waals surface area contributed by atoms with E-state index >= 15 is 0 Å². The van der Waals surface area contributed by atoms with Crippen molar-refractivity contribution >= 4 is 29.2 Å². The van der Waals surface area contributed by atoms with Gasteiger partial charge in [0.15, 0.2) is 5.60 Å². The van der Waals surface area contributed by atoms with Gasteiger partial charge in [0.25, 0.3) is 5.91 Å². The maximum atomic E-state index is 13.0. The van der Waals surface area contributed by atoms with Gasteiger partial charge in [0, 0.05) is 29.8 Å². The van der Waals surface area contributed by atoms with Crippen molar-refractivity contribution in [2.75, 3.05) is 18.4 Å².